The molecule has 6 aromatic rings. The van der Waals surface area contributed by atoms with Crippen LogP contribution in [0.4, 0.5) is 34.1 Å². The molecule has 48 heavy (non-hydrogen) atoms. The van der Waals surface area contributed by atoms with Gasteiger partial charge in [-0.2, -0.15) is 0 Å². The number of rotatable bonds is 8. The molecule has 0 saturated heterocycles. The number of hydrogen-bond donors (Lipinski definition) is 0. The molecule has 2 nitrogen and oxygen atoms in total. The van der Waals surface area contributed by atoms with E-state index in [1.54, 1.807) is 0 Å². The molecule has 236 valence electrons. The van der Waals surface area contributed by atoms with E-state index in [4.69, 9.17) is 0 Å². The Balaban J connectivity index is 1.61. The van der Waals surface area contributed by atoms with Crippen LogP contribution in [0.3, 0.4) is 0 Å². The summed E-state index contributed by atoms with van der Waals surface area (Å²) >= 11 is 0. The van der Waals surface area contributed by atoms with Gasteiger partial charge in [-0.1, -0.05) is 97.1 Å². The molecule has 0 bridgehead atoms. The van der Waals surface area contributed by atoms with E-state index < -0.39 is 0 Å². The van der Waals surface area contributed by atoms with Crippen molar-refractivity contribution in [2.24, 2.45) is 0 Å². The van der Waals surface area contributed by atoms with Crippen LogP contribution in [0, 0.1) is 27.7 Å². The zero-order valence-corrected chi connectivity index (χ0v) is 28.3. The third-order valence-corrected chi connectivity index (χ3v) is 9.03. The van der Waals surface area contributed by atoms with Crippen LogP contribution in [0.2, 0.25) is 0 Å². The third-order valence-electron chi connectivity index (χ3n) is 9.03. The van der Waals surface area contributed by atoms with Gasteiger partial charge in [0.25, 0.3) is 0 Å². The maximum atomic E-state index is 2.44. The molecule has 0 fully saturated rings. The third kappa shape index (κ3) is 6.35. The van der Waals surface area contributed by atoms with Gasteiger partial charge < -0.3 is 9.80 Å². The van der Waals surface area contributed by atoms with Crippen LogP contribution in [0.15, 0.2) is 158 Å². The molecule has 2 heteroatoms. The van der Waals surface area contributed by atoms with Crippen molar-refractivity contribution in [2.75, 3.05) is 9.80 Å². The van der Waals surface area contributed by atoms with E-state index in [9.17, 15) is 0 Å². The van der Waals surface area contributed by atoms with Gasteiger partial charge in [-0.25, -0.2) is 0 Å². The van der Waals surface area contributed by atoms with Gasteiger partial charge in [-0.15, -0.1) is 0 Å². The molecular weight excluding hydrogens is 581 g/mol. The average molecular weight is 623 g/mol. The van der Waals surface area contributed by atoms with Gasteiger partial charge in [0.15, 0.2) is 0 Å². The lowest BCUT2D eigenvalue weighted by atomic mass is 9.87. The molecule has 0 N–H and O–H groups in total. The Morgan fingerprint density at radius 1 is 0.417 bits per heavy atom. The maximum Gasteiger partial charge on any atom is 0.0547 e. The molecule has 0 aliphatic heterocycles. The topological polar surface area (TPSA) is 6.48 Å². The highest BCUT2D eigenvalue weighted by Crippen LogP contribution is 2.50. The standard InChI is InChI=1S/C46H42N2/c1-33-15-11-23-39(29-33)47(40-24-12-16-34(2)30-40)43-27-28-44(46(38-21-9-6-10-22-38)45(43)37-19-7-5-8-20-37)48(41-25-13-17-35(3)31-41)42-26-14-18-36(4)32-42/h5,7-9,11-32H,6,10H2,1-4H3. The SMILES string of the molecule is Cc1cccc(N(c2cccc(C)c2)c2ccc(N(c3cccc(C)c3)c3cccc(C)c3)c(-c3ccccc3)c2C2=CCCC=C2)c1. The predicted molar refractivity (Wildman–Crippen MR) is 207 cm³/mol. The van der Waals surface area contributed by atoms with Crippen LogP contribution >= 0.6 is 0 Å². The Morgan fingerprint density at radius 3 is 1.25 bits per heavy atom. The summed E-state index contributed by atoms with van der Waals surface area (Å²) in [5, 5.41) is 0. The lowest BCUT2D eigenvalue weighted by molar-refractivity contribution is 1.04. The fraction of sp³-hybridized carbons (Fsp3) is 0.130. The van der Waals surface area contributed by atoms with Gasteiger partial charge in [0.2, 0.25) is 0 Å². The van der Waals surface area contributed by atoms with E-state index in [0.29, 0.717) is 0 Å². The molecule has 0 unspecified atom stereocenters. The summed E-state index contributed by atoms with van der Waals surface area (Å²) in [6.07, 6.45) is 9.13. The van der Waals surface area contributed by atoms with Gasteiger partial charge in [0.1, 0.15) is 0 Å². The zero-order valence-electron chi connectivity index (χ0n) is 28.3. The average Bonchev–Trinajstić information content (AvgIpc) is 3.10. The Labute approximate surface area is 286 Å². The lowest BCUT2D eigenvalue weighted by Crippen LogP contribution is -2.16. The summed E-state index contributed by atoms with van der Waals surface area (Å²) in [4.78, 5) is 4.88. The van der Waals surface area contributed by atoms with Crippen LogP contribution in [-0.4, -0.2) is 0 Å². The molecule has 0 aromatic heterocycles. The molecular formula is C46H42N2. The van der Waals surface area contributed by atoms with Crippen LogP contribution in [0.1, 0.15) is 40.7 Å². The van der Waals surface area contributed by atoms with Crippen molar-refractivity contribution in [3.63, 3.8) is 0 Å². The van der Waals surface area contributed by atoms with Crippen molar-refractivity contribution in [3.8, 4) is 11.1 Å². The minimum absolute atomic E-state index is 1.01. The van der Waals surface area contributed by atoms with Gasteiger partial charge in [0, 0.05) is 33.9 Å². The Hall–Kier alpha value is -5.60. The molecule has 1 aliphatic rings. The van der Waals surface area contributed by atoms with E-state index in [-0.39, 0.29) is 0 Å². The van der Waals surface area contributed by atoms with Gasteiger partial charge in [-0.3, -0.25) is 0 Å². The van der Waals surface area contributed by atoms with E-state index in [1.807, 2.05) is 0 Å². The number of aryl methyl sites for hydroxylation is 4. The molecule has 0 spiro atoms. The molecule has 6 aromatic carbocycles. The molecule has 7 rings (SSSR count). The summed E-state index contributed by atoms with van der Waals surface area (Å²) in [6, 6.07) is 51.0. The highest BCUT2D eigenvalue weighted by Gasteiger charge is 2.27. The minimum Gasteiger partial charge on any atom is -0.310 e. The van der Waals surface area contributed by atoms with Crippen LogP contribution in [-0.2, 0) is 0 Å². The number of nitrogens with zero attached hydrogens (tertiary/aromatic N) is 2. The molecule has 0 amide bonds. The summed E-state index contributed by atoms with van der Waals surface area (Å²) in [7, 11) is 0. The van der Waals surface area contributed by atoms with E-state index in [2.05, 4.69) is 195 Å². The zero-order chi connectivity index (χ0) is 33.0. The fourth-order valence-corrected chi connectivity index (χ4v) is 6.86. The van der Waals surface area contributed by atoms with Gasteiger partial charge >= 0.3 is 0 Å². The highest BCUT2D eigenvalue weighted by atomic mass is 15.2. The van der Waals surface area contributed by atoms with Crippen molar-refractivity contribution < 1.29 is 0 Å². The molecule has 0 saturated carbocycles. The number of hydrogen-bond acceptors (Lipinski definition) is 2. The lowest BCUT2D eigenvalue weighted by Gasteiger charge is -2.34. The molecule has 0 radical (unpaired) electrons. The van der Waals surface area contributed by atoms with E-state index >= 15 is 0 Å². The highest BCUT2D eigenvalue weighted by molar-refractivity contribution is 6.03. The Kier molecular flexibility index (Phi) is 8.81. The molecule has 1 aliphatic carbocycles. The second-order valence-electron chi connectivity index (χ2n) is 12.9. The predicted octanol–water partition coefficient (Wildman–Crippen LogP) is 13.3. The first-order valence-electron chi connectivity index (χ1n) is 16.9. The first kappa shape index (κ1) is 31.0. The monoisotopic (exact) mass is 622 g/mol. The van der Waals surface area contributed by atoms with E-state index in [0.717, 1.165) is 47.0 Å². The van der Waals surface area contributed by atoms with Crippen LogP contribution in [0.5, 0.6) is 0 Å². The summed E-state index contributed by atoms with van der Waals surface area (Å²) in [5.74, 6) is 0. The molecule has 0 atom stereocenters. The van der Waals surface area contributed by atoms with Gasteiger partial charge in [0.05, 0.1) is 11.4 Å². The summed E-state index contributed by atoms with van der Waals surface area (Å²) in [6.45, 7) is 8.68. The second-order valence-corrected chi connectivity index (χ2v) is 12.9. The van der Waals surface area contributed by atoms with Gasteiger partial charge in [-0.05, 0) is 135 Å². The van der Waals surface area contributed by atoms with Crippen molar-refractivity contribution in [2.45, 2.75) is 40.5 Å². The van der Waals surface area contributed by atoms with Crippen molar-refractivity contribution in [3.05, 3.63) is 186 Å². The molecule has 0 heterocycles. The van der Waals surface area contributed by atoms with Crippen LogP contribution in [0.25, 0.3) is 16.7 Å². The second kappa shape index (κ2) is 13.6. The van der Waals surface area contributed by atoms with Crippen molar-refractivity contribution in [1.82, 2.24) is 0 Å². The Bertz CT molecular complexity index is 2050. The first-order valence-corrected chi connectivity index (χ1v) is 16.9. The largest absolute Gasteiger partial charge is 0.310 e. The number of benzene rings is 6. The smallest absolute Gasteiger partial charge is 0.0547 e. The van der Waals surface area contributed by atoms with E-state index in [1.165, 1.54) is 44.5 Å². The fourth-order valence-electron chi connectivity index (χ4n) is 6.86. The normalized spacial score (nSPS) is 12.5. The van der Waals surface area contributed by atoms with Crippen molar-refractivity contribution >= 4 is 39.7 Å². The number of allylic oxidation sites excluding steroid dienone is 4. The Morgan fingerprint density at radius 2 is 0.854 bits per heavy atom. The number of anilines is 6. The summed E-state index contributed by atoms with van der Waals surface area (Å²) in [5.41, 5.74) is 16.6. The maximum absolute atomic E-state index is 2.44. The van der Waals surface area contributed by atoms with Crippen molar-refractivity contribution in [1.29, 1.82) is 0 Å². The van der Waals surface area contributed by atoms with Crippen LogP contribution < -0.4 is 9.80 Å². The summed E-state index contributed by atoms with van der Waals surface area (Å²) < 4.78 is 0. The first-order chi connectivity index (χ1) is 23.5. The quantitative estimate of drug-likeness (QED) is 0.167. The minimum atomic E-state index is 1.01.